The number of benzene rings is 1. The first-order valence-electron chi connectivity index (χ1n) is 7.28. The van der Waals surface area contributed by atoms with Gasteiger partial charge >= 0.3 is 0 Å². The van der Waals surface area contributed by atoms with Gasteiger partial charge in [0.15, 0.2) is 0 Å². The summed E-state index contributed by atoms with van der Waals surface area (Å²) in [5.74, 6) is 0. The summed E-state index contributed by atoms with van der Waals surface area (Å²) in [6.45, 7) is 6.42. The highest BCUT2D eigenvalue weighted by Gasteiger charge is 2.17. The number of likely N-dealkylation sites (N-methyl/N-ethyl adjacent to an activating group) is 1. The normalized spacial score (nSPS) is 14.3. The summed E-state index contributed by atoms with van der Waals surface area (Å²) < 4.78 is 0. The summed E-state index contributed by atoms with van der Waals surface area (Å²) in [6, 6.07) is 13.2. The smallest absolute Gasteiger partial charge is 0.0406 e. The maximum atomic E-state index is 5.95. The van der Waals surface area contributed by atoms with Crippen molar-refractivity contribution in [3.63, 3.8) is 0 Å². The van der Waals surface area contributed by atoms with Gasteiger partial charge in [0, 0.05) is 35.1 Å². The van der Waals surface area contributed by atoms with Crippen LogP contribution in [0.15, 0.2) is 41.8 Å². The molecule has 1 aromatic carbocycles. The Kier molecular flexibility index (Phi) is 6.24. The lowest BCUT2D eigenvalue weighted by molar-refractivity contribution is 0.193. The predicted molar refractivity (Wildman–Crippen MR) is 93.1 cm³/mol. The van der Waals surface area contributed by atoms with Gasteiger partial charge in [0.25, 0.3) is 0 Å². The van der Waals surface area contributed by atoms with Crippen LogP contribution in [0.25, 0.3) is 0 Å². The van der Waals surface area contributed by atoms with Crippen LogP contribution in [-0.4, -0.2) is 24.5 Å². The van der Waals surface area contributed by atoms with Crippen LogP contribution in [-0.2, 0) is 6.54 Å². The SMILES string of the molecule is CC(CNCc1cccs1)N(C)C(C)c1ccc(Cl)cc1. The predicted octanol–water partition coefficient (Wildman–Crippen LogP) is 4.57. The zero-order chi connectivity index (χ0) is 15.2. The minimum absolute atomic E-state index is 0.376. The Morgan fingerprint density at radius 1 is 1.19 bits per heavy atom. The van der Waals surface area contributed by atoms with Gasteiger partial charge in [-0.05, 0) is 50.0 Å². The van der Waals surface area contributed by atoms with Crippen LogP contribution in [0.5, 0.6) is 0 Å². The minimum Gasteiger partial charge on any atom is -0.310 e. The Morgan fingerprint density at radius 2 is 1.90 bits per heavy atom. The molecule has 0 spiro atoms. The van der Waals surface area contributed by atoms with E-state index in [1.807, 2.05) is 12.1 Å². The lowest BCUT2D eigenvalue weighted by atomic mass is 10.1. The molecule has 114 valence electrons. The van der Waals surface area contributed by atoms with Crippen molar-refractivity contribution in [3.05, 3.63) is 57.2 Å². The number of thiophene rings is 1. The molecular weight excluding hydrogens is 300 g/mol. The molecule has 1 aromatic heterocycles. The van der Waals surface area contributed by atoms with Gasteiger partial charge in [-0.1, -0.05) is 29.8 Å². The Hall–Kier alpha value is -0.870. The molecule has 2 aromatic rings. The third-order valence-electron chi connectivity index (χ3n) is 3.98. The molecule has 0 amide bonds. The van der Waals surface area contributed by atoms with Gasteiger partial charge in [-0.15, -0.1) is 11.3 Å². The number of halogens is 1. The summed E-state index contributed by atoms with van der Waals surface area (Å²) in [6.07, 6.45) is 0. The molecule has 0 saturated carbocycles. The first-order chi connectivity index (χ1) is 10.1. The Balaban J connectivity index is 1.83. The summed E-state index contributed by atoms with van der Waals surface area (Å²) in [5, 5.41) is 6.44. The van der Waals surface area contributed by atoms with E-state index in [9.17, 15) is 0 Å². The molecule has 0 radical (unpaired) electrons. The van der Waals surface area contributed by atoms with Crippen LogP contribution in [0.1, 0.15) is 30.3 Å². The van der Waals surface area contributed by atoms with E-state index in [1.54, 1.807) is 11.3 Å². The molecule has 21 heavy (non-hydrogen) atoms. The topological polar surface area (TPSA) is 15.3 Å². The van der Waals surface area contributed by atoms with Gasteiger partial charge in [-0.2, -0.15) is 0 Å². The number of nitrogens with zero attached hydrogens (tertiary/aromatic N) is 1. The molecule has 0 aliphatic rings. The van der Waals surface area contributed by atoms with Crippen LogP contribution >= 0.6 is 22.9 Å². The standard InChI is InChI=1S/C17H23ClN2S/c1-13(11-19-12-17-5-4-10-21-17)20(3)14(2)15-6-8-16(18)9-7-15/h4-10,13-14,19H,11-12H2,1-3H3. The van der Waals surface area contributed by atoms with Crippen LogP contribution in [0.2, 0.25) is 5.02 Å². The van der Waals surface area contributed by atoms with Crippen molar-refractivity contribution < 1.29 is 0 Å². The zero-order valence-electron chi connectivity index (χ0n) is 12.8. The molecule has 2 atom stereocenters. The fraction of sp³-hybridized carbons (Fsp3) is 0.412. The van der Waals surface area contributed by atoms with Crippen LogP contribution in [0.4, 0.5) is 0 Å². The van der Waals surface area contributed by atoms with E-state index in [0.29, 0.717) is 12.1 Å². The fourth-order valence-corrected chi connectivity index (χ4v) is 3.12. The van der Waals surface area contributed by atoms with E-state index >= 15 is 0 Å². The molecule has 1 heterocycles. The van der Waals surface area contributed by atoms with Gasteiger partial charge < -0.3 is 5.32 Å². The van der Waals surface area contributed by atoms with Crippen molar-refractivity contribution in [1.29, 1.82) is 0 Å². The van der Waals surface area contributed by atoms with Crippen molar-refractivity contribution in [2.75, 3.05) is 13.6 Å². The molecule has 2 unspecified atom stereocenters. The molecule has 4 heteroatoms. The fourth-order valence-electron chi connectivity index (χ4n) is 2.32. The highest BCUT2D eigenvalue weighted by atomic mass is 35.5. The van der Waals surface area contributed by atoms with Gasteiger partial charge in [-0.3, -0.25) is 4.90 Å². The van der Waals surface area contributed by atoms with Gasteiger partial charge in [-0.25, -0.2) is 0 Å². The molecule has 0 aliphatic carbocycles. The molecule has 0 fully saturated rings. The summed E-state index contributed by atoms with van der Waals surface area (Å²) in [4.78, 5) is 3.78. The van der Waals surface area contributed by atoms with Crippen molar-refractivity contribution in [2.45, 2.75) is 32.5 Å². The second-order valence-corrected chi connectivity index (χ2v) is 6.92. The summed E-state index contributed by atoms with van der Waals surface area (Å²) in [7, 11) is 2.18. The van der Waals surface area contributed by atoms with E-state index in [0.717, 1.165) is 18.1 Å². The summed E-state index contributed by atoms with van der Waals surface area (Å²) in [5.41, 5.74) is 1.30. The van der Waals surface area contributed by atoms with Crippen molar-refractivity contribution in [3.8, 4) is 0 Å². The van der Waals surface area contributed by atoms with Crippen molar-refractivity contribution in [2.24, 2.45) is 0 Å². The average molecular weight is 323 g/mol. The van der Waals surface area contributed by atoms with Crippen molar-refractivity contribution in [1.82, 2.24) is 10.2 Å². The van der Waals surface area contributed by atoms with Gasteiger partial charge in [0.2, 0.25) is 0 Å². The number of hydrogen-bond donors (Lipinski definition) is 1. The van der Waals surface area contributed by atoms with E-state index < -0.39 is 0 Å². The zero-order valence-corrected chi connectivity index (χ0v) is 14.4. The highest BCUT2D eigenvalue weighted by molar-refractivity contribution is 7.09. The van der Waals surface area contributed by atoms with Crippen LogP contribution in [0.3, 0.4) is 0 Å². The Labute approximate surface area is 136 Å². The van der Waals surface area contributed by atoms with E-state index in [2.05, 4.69) is 60.8 Å². The molecule has 0 saturated heterocycles. The van der Waals surface area contributed by atoms with Crippen LogP contribution < -0.4 is 5.32 Å². The highest BCUT2D eigenvalue weighted by Crippen LogP contribution is 2.22. The van der Waals surface area contributed by atoms with E-state index in [4.69, 9.17) is 11.6 Å². The van der Waals surface area contributed by atoms with E-state index in [1.165, 1.54) is 10.4 Å². The first kappa shape index (κ1) is 16.5. The first-order valence-corrected chi connectivity index (χ1v) is 8.54. The lowest BCUT2D eigenvalue weighted by Gasteiger charge is -2.31. The van der Waals surface area contributed by atoms with Crippen LogP contribution in [0, 0.1) is 0 Å². The molecule has 2 nitrogen and oxygen atoms in total. The maximum absolute atomic E-state index is 5.95. The Morgan fingerprint density at radius 3 is 2.52 bits per heavy atom. The minimum atomic E-state index is 0.376. The number of rotatable bonds is 7. The monoisotopic (exact) mass is 322 g/mol. The third-order valence-corrected chi connectivity index (χ3v) is 5.11. The second-order valence-electron chi connectivity index (χ2n) is 5.45. The average Bonchev–Trinajstić information content (AvgIpc) is 2.99. The van der Waals surface area contributed by atoms with E-state index in [-0.39, 0.29) is 0 Å². The number of hydrogen-bond acceptors (Lipinski definition) is 3. The molecule has 2 rings (SSSR count). The second kappa shape index (κ2) is 7.95. The quantitative estimate of drug-likeness (QED) is 0.803. The lowest BCUT2D eigenvalue weighted by Crippen LogP contribution is -2.39. The van der Waals surface area contributed by atoms with Crippen molar-refractivity contribution >= 4 is 22.9 Å². The maximum Gasteiger partial charge on any atom is 0.0406 e. The number of nitrogens with one attached hydrogen (secondary N) is 1. The van der Waals surface area contributed by atoms with Gasteiger partial charge in [0.05, 0.1) is 0 Å². The molecule has 0 aliphatic heterocycles. The largest absolute Gasteiger partial charge is 0.310 e. The Bertz CT molecular complexity index is 524. The molecule has 0 bridgehead atoms. The molecule has 1 N–H and O–H groups in total. The van der Waals surface area contributed by atoms with Gasteiger partial charge in [0.1, 0.15) is 0 Å². The summed E-state index contributed by atoms with van der Waals surface area (Å²) >= 11 is 7.75. The molecular formula is C17H23ClN2S. The third kappa shape index (κ3) is 4.82.